The summed E-state index contributed by atoms with van der Waals surface area (Å²) in [6.07, 6.45) is 1.22. The number of nitrogens with zero attached hydrogens (tertiary/aromatic N) is 4. The zero-order valence-electron chi connectivity index (χ0n) is 17.6. The Kier molecular flexibility index (Phi) is 5.56. The number of benzene rings is 1. The van der Waals surface area contributed by atoms with Crippen LogP contribution in [0.5, 0.6) is 5.88 Å². The molecule has 1 aliphatic rings. The molecule has 0 aliphatic carbocycles. The molecule has 0 radical (unpaired) electrons. The quantitative estimate of drug-likeness (QED) is 0.551. The fourth-order valence-electron chi connectivity index (χ4n) is 4.23. The van der Waals surface area contributed by atoms with Crippen LogP contribution < -0.4 is 9.64 Å². The number of hydrogen-bond acceptors (Lipinski definition) is 6. The van der Waals surface area contributed by atoms with E-state index in [4.69, 9.17) is 26.1 Å². The molecule has 2 aromatic heterocycles. The molecule has 8 heteroatoms. The molecule has 2 unspecified atom stereocenters. The third-order valence-electron chi connectivity index (χ3n) is 5.56. The van der Waals surface area contributed by atoms with Gasteiger partial charge in [0.25, 0.3) is 0 Å². The molecular weight excluding hydrogens is 404 g/mol. The van der Waals surface area contributed by atoms with Crippen LogP contribution in [-0.4, -0.2) is 39.8 Å². The number of carbonyl (C=O) groups excluding carboxylic acids is 1. The van der Waals surface area contributed by atoms with Gasteiger partial charge in [0.15, 0.2) is 0 Å². The summed E-state index contributed by atoms with van der Waals surface area (Å²) in [4.78, 5) is 23.4. The molecule has 0 saturated heterocycles. The number of halogens is 1. The molecule has 4 rings (SSSR count). The number of pyridine rings is 1. The average Bonchev–Trinajstić information content (AvgIpc) is 3.11. The van der Waals surface area contributed by atoms with Crippen molar-refractivity contribution < 1.29 is 14.3 Å². The van der Waals surface area contributed by atoms with Crippen LogP contribution in [0.1, 0.15) is 32.4 Å². The van der Waals surface area contributed by atoms with E-state index in [0.717, 1.165) is 41.3 Å². The SMILES string of the molecule is CCC(OC(C)=O)C1CCn2c(nc3c(Cl)cccc32)N1c1ccc(OC)nc1C. The zero-order chi connectivity index (χ0) is 21.4. The van der Waals surface area contributed by atoms with Crippen molar-refractivity contribution in [3.05, 3.63) is 41.0 Å². The summed E-state index contributed by atoms with van der Waals surface area (Å²) in [6.45, 7) is 6.18. The Morgan fingerprint density at radius 1 is 1.30 bits per heavy atom. The average molecular weight is 429 g/mol. The first-order chi connectivity index (χ1) is 14.4. The number of para-hydroxylation sites is 1. The Morgan fingerprint density at radius 2 is 2.10 bits per heavy atom. The van der Waals surface area contributed by atoms with E-state index < -0.39 is 0 Å². The fraction of sp³-hybridized carbons (Fsp3) is 0.409. The first-order valence-electron chi connectivity index (χ1n) is 10.1. The molecule has 0 bridgehead atoms. The molecule has 0 spiro atoms. The third-order valence-corrected chi connectivity index (χ3v) is 5.86. The number of aromatic nitrogens is 3. The van der Waals surface area contributed by atoms with E-state index in [1.165, 1.54) is 6.92 Å². The van der Waals surface area contributed by atoms with Gasteiger partial charge in [-0.3, -0.25) is 4.79 Å². The van der Waals surface area contributed by atoms with Gasteiger partial charge < -0.3 is 18.9 Å². The topological polar surface area (TPSA) is 69.5 Å². The summed E-state index contributed by atoms with van der Waals surface area (Å²) in [7, 11) is 1.60. The van der Waals surface area contributed by atoms with Gasteiger partial charge in [-0.2, -0.15) is 0 Å². The minimum atomic E-state index is -0.284. The number of fused-ring (bicyclic) bond motifs is 3. The summed E-state index contributed by atoms with van der Waals surface area (Å²) in [5, 5.41) is 0.613. The summed E-state index contributed by atoms with van der Waals surface area (Å²) in [5.41, 5.74) is 3.46. The van der Waals surface area contributed by atoms with Crippen molar-refractivity contribution in [3.8, 4) is 5.88 Å². The van der Waals surface area contributed by atoms with E-state index in [1.807, 2.05) is 44.2 Å². The Labute approximate surface area is 180 Å². The second kappa shape index (κ2) is 8.14. The van der Waals surface area contributed by atoms with Crippen LogP contribution in [0.15, 0.2) is 30.3 Å². The molecule has 0 saturated carbocycles. The smallest absolute Gasteiger partial charge is 0.302 e. The number of anilines is 2. The number of aryl methyl sites for hydroxylation is 2. The maximum Gasteiger partial charge on any atom is 0.302 e. The molecule has 0 N–H and O–H groups in total. The normalized spacial score (nSPS) is 17.0. The van der Waals surface area contributed by atoms with Crippen molar-refractivity contribution in [2.75, 3.05) is 12.0 Å². The lowest BCUT2D eigenvalue weighted by Crippen LogP contribution is -2.47. The predicted octanol–water partition coefficient (Wildman–Crippen LogP) is 4.65. The van der Waals surface area contributed by atoms with Gasteiger partial charge in [-0.25, -0.2) is 9.97 Å². The molecule has 0 fully saturated rings. The van der Waals surface area contributed by atoms with Crippen LogP contribution in [-0.2, 0) is 16.1 Å². The Bertz CT molecular complexity index is 1100. The largest absolute Gasteiger partial charge is 0.481 e. The second-order valence-corrected chi connectivity index (χ2v) is 7.82. The van der Waals surface area contributed by atoms with Crippen molar-refractivity contribution in [1.29, 1.82) is 0 Å². The first kappa shape index (κ1) is 20.5. The Hall–Kier alpha value is -2.80. The van der Waals surface area contributed by atoms with Gasteiger partial charge in [-0.1, -0.05) is 24.6 Å². The number of methoxy groups -OCH3 is 1. The molecule has 30 heavy (non-hydrogen) atoms. The molecule has 1 aromatic carbocycles. The predicted molar refractivity (Wildman–Crippen MR) is 117 cm³/mol. The minimum absolute atomic E-state index is 0.0733. The summed E-state index contributed by atoms with van der Waals surface area (Å²) >= 11 is 6.44. The van der Waals surface area contributed by atoms with E-state index in [9.17, 15) is 4.79 Å². The summed E-state index contributed by atoms with van der Waals surface area (Å²) < 4.78 is 13.1. The molecule has 7 nitrogen and oxygen atoms in total. The molecule has 2 atom stereocenters. The van der Waals surface area contributed by atoms with Crippen LogP contribution >= 0.6 is 11.6 Å². The van der Waals surface area contributed by atoms with Gasteiger partial charge in [-0.05, 0) is 38.0 Å². The number of imidazole rings is 1. The van der Waals surface area contributed by atoms with Crippen molar-refractivity contribution in [2.24, 2.45) is 0 Å². The second-order valence-electron chi connectivity index (χ2n) is 7.41. The number of hydrogen-bond donors (Lipinski definition) is 0. The van der Waals surface area contributed by atoms with E-state index in [1.54, 1.807) is 7.11 Å². The van der Waals surface area contributed by atoms with Gasteiger partial charge in [0.05, 0.1) is 35.1 Å². The highest BCUT2D eigenvalue weighted by Gasteiger charge is 2.37. The summed E-state index contributed by atoms with van der Waals surface area (Å²) in [6, 6.07) is 9.55. The molecule has 1 aliphatic heterocycles. The van der Waals surface area contributed by atoms with Gasteiger partial charge in [0.1, 0.15) is 11.6 Å². The molecular formula is C22H25ClN4O3. The van der Waals surface area contributed by atoms with Crippen LogP contribution in [0.4, 0.5) is 11.6 Å². The maximum atomic E-state index is 11.8. The third kappa shape index (κ3) is 3.47. The number of carbonyl (C=O) groups is 1. The fourth-order valence-corrected chi connectivity index (χ4v) is 4.44. The Morgan fingerprint density at radius 3 is 2.77 bits per heavy atom. The highest BCUT2D eigenvalue weighted by molar-refractivity contribution is 6.35. The lowest BCUT2D eigenvalue weighted by Gasteiger charge is -2.41. The van der Waals surface area contributed by atoms with E-state index in [-0.39, 0.29) is 18.1 Å². The van der Waals surface area contributed by atoms with Crippen LogP contribution in [0.2, 0.25) is 5.02 Å². The molecule has 158 valence electrons. The zero-order valence-corrected chi connectivity index (χ0v) is 18.3. The lowest BCUT2D eigenvalue weighted by atomic mass is 10.00. The van der Waals surface area contributed by atoms with Crippen molar-refractivity contribution >= 4 is 40.2 Å². The van der Waals surface area contributed by atoms with Crippen LogP contribution in [0.3, 0.4) is 0 Å². The minimum Gasteiger partial charge on any atom is -0.481 e. The van der Waals surface area contributed by atoms with Gasteiger partial charge >= 0.3 is 5.97 Å². The first-order valence-corrected chi connectivity index (χ1v) is 10.4. The maximum absolute atomic E-state index is 11.8. The van der Waals surface area contributed by atoms with Gasteiger partial charge in [0.2, 0.25) is 11.8 Å². The number of ether oxygens (including phenoxy) is 2. The molecule has 0 amide bonds. The lowest BCUT2D eigenvalue weighted by molar-refractivity contribution is -0.147. The van der Waals surface area contributed by atoms with Gasteiger partial charge in [0, 0.05) is 19.5 Å². The standard InChI is InChI=1S/C22H25ClN4O3/c1-5-19(30-14(3)28)17-11-12-26-18-8-6-7-15(23)21(18)25-22(26)27(17)16-9-10-20(29-4)24-13(16)2/h6-10,17,19H,5,11-12H2,1-4H3. The van der Waals surface area contributed by atoms with Gasteiger partial charge in [-0.15, -0.1) is 0 Å². The van der Waals surface area contributed by atoms with Crippen LogP contribution in [0, 0.1) is 6.92 Å². The monoisotopic (exact) mass is 428 g/mol. The van der Waals surface area contributed by atoms with Crippen molar-refractivity contribution in [1.82, 2.24) is 14.5 Å². The number of rotatable bonds is 5. The summed E-state index contributed by atoms with van der Waals surface area (Å²) in [5.74, 6) is 1.04. The number of esters is 1. The Balaban J connectivity index is 1.91. The highest BCUT2D eigenvalue weighted by atomic mass is 35.5. The molecule has 3 heterocycles. The molecule has 3 aromatic rings. The van der Waals surface area contributed by atoms with Crippen LogP contribution in [0.25, 0.3) is 11.0 Å². The van der Waals surface area contributed by atoms with E-state index in [2.05, 4.69) is 14.5 Å². The highest BCUT2D eigenvalue weighted by Crippen LogP contribution is 2.40. The van der Waals surface area contributed by atoms with Crippen molar-refractivity contribution in [3.63, 3.8) is 0 Å². The van der Waals surface area contributed by atoms with E-state index in [0.29, 0.717) is 17.3 Å². The van der Waals surface area contributed by atoms with Crippen molar-refractivity contribution in [2.45, 2.75) is 52.3 Å². The van der Waals surface area contributed by atoms with E-state index >= 15 is 0 Å².